The number of carbonyl (C=O) groups is 3. The third kappa shape index (κ3) is 5.97. The van der Waals surface area contributed by atoms with Gasteiger partial charge in [-0.15, -0.1) is 11.3 Å². The first kappa shape index (κ1) is 19.6. The van der Waals surface area contributed by atoms with Crippen LogP contribution in [0.4, 0.5) is 5.69 Å². The number of thiophene rings is 1. The molecule has 0 fully saturated rings. The van der Waals surface area contributed by atoms with Crippen molar-refractivity contribution < 1.29 is 22.8 Å². The van der Waals surface area contributed by atoms with Crippen LogP contribution in [0.25, 0.3) is 0 Å². The normalized spacial score (nSPS) is 10.8. The minimum Gasteiger partial charge on any atom is -0.345 e. The van der Waals surface area contributed by atoms with E-state index in [4.69, 9.17) is 0 Å². The maximum absolute atomic E-state index is 11.8. The summed E-state index contributed by atoms with van der Waals surface area (Å²) in [6.07, 6.45) is 1.07. The van der Waals surface area contributed by atoms with Crippen molar-refractivity contribution in [3.8, 4) is 0 Å². The molecule has 1 aromatic heterocycles. The Kier molecular flexibility index (Phi) is 6.47. The molecule has 0 atom stereocenters. The van der Waals surface area contributed by atoms with Crippen LogP contribution in [0.15, 0.2) is 46.7 Å². The third-order valence-corrected chi connectivity index (χ3v) is 5.13. The van der Waals surface area contributed by atoms with Crippen LogP contribution < -0.4 is 16.0 Å². The molecule has 0 aliphatic carbocycles. The average molecular weight is 395 g/mol. The zero-order valence-electron chi connectivity index (χ0n) is 13.8. The van der Waals surface area contributed by atoms with Crippen LogP contribution in [0.5, 0.6) is 0 Å². The van der Waals surface area contributed by atoms with E-state index < -0.39 is 21.7 Å². The summed E-state index contributed by atoms with van der Waals surface area (Å²) in [5, 5.41) is 9.05. The van der Waals surface area contributed by atoms with Gasteiger partial charge in [0, 0.05) is 11.9 Å². The van der Waals surface area contributed by atoms with Gasteiger partial charge in [-0.1, -0.05) is 12.1 Å². The predicted octanol–water partition coefficient (Wildman–Crippen LogP) is 0.636. The second-order valence-electron chi connectivity index (χ2n) is 5.28. The summed E-state index contributed by atoms with van der Waals surface area (Å²) in [5.41, 5.74) is 0.304. The molecular formula is C16H17N3O5S2. The first-order valence-electron chi connectivity index (χ1n) is 7.44. The molecule has 138 valence electrons. The number of rotatable bonds is 7. The monoisotopic (exact) mass is 395 g/mol. The molecule has 0 unspecified atom stereocenters. The number of anilines is 1. The zero-order valence-corrected chi connectivity index (χ0v) is 15.4. The average Bonchev–Trinajstić information content (AvgIpc) is 3.12. The topological polar surface area (TPSA) is 121 Å². The molecular weight excluding hydrogens is 378 g/mol. The van der Waals surface area contributed by atoms with Gasteiger partial charge in [0.25, 0.3) is 5.91 Å². The number of sulfone groups is 1. The molecule has 8 nitrogen and oxygen atoms in total. The number of carbonyl (C=O) groups excluding carboxylic acids is 3. The fourth-order valence-electron chi connectivity index (χ4n) is 1.91. The Balaban J connectivity index is 1.78. The van der Waals surface area contributed by atoms with E-state index in [9.17, 15) is 22.8 Å². The predicted molar refractivity (Wildman–Crippen MR) is 97.8 cm³/mol. The molecule has 0 aliphatic heterocycles. The molecule has 2 aromatic rings. The van der Waals surface area contributed by atoms with Gasteiger partial charge in [-0.3, -0.25) is 14.4 Å². The molecule has 3 amide bonds. The third-order valence-electron chi connectivity index (χ3n) is 3.15. The number of benzene rings is 1. The molecule has 26 heavy (non-hydrogen) atoms. The van der Waals surface area contributed by atoms with Gasteiger partial charge in [0.2, 0.25) is 11.8 Å². The quantitative estimate of drug-likeness (QED) is 0.635. The van der Waals surface area contributed by atoms with E-state index in [1.54, 1.807) is 17.5 Å². The fraction of sp³-hybridized carbons (Fsp3) is 0.188. The van der Waals surface area contributed by atoms with E-state index in [0.29, 0.717) is 10.6 Å². The van der Waals surface area contributed by atoms with Gasteiger partial charge in [0.1, 0.15) is 0 Å². The summed E-state index contributed by atoms with van der Waals surface area (Å²) >= 11 is 1.25. The van der Waals surface area contributed by atoms with E-state index in [2.05, 4.69) is 16.0 Å². The number of hydrogen-bond acceptors (Lipinski definition) is 6. The van der Waals surface area contributed by atoms with Gasteiger partial charge in [-0.05, 0) is 29.6 Å². The SMILES string of the molecule is CS(=O)(=O)c1cccc(NC(=O)CNC(=O)CNC(=O)c2cccs2)c1. The highest BCUT2D eigenvalue weighted by molar-refractivity contribution is 7.90. The van der Waals surface area contributed by atoms with Crippen molar-refractivity contribution in [2.45, 2.75) is 4.90 Å². The molecule has 0 aliphatic rings. The van der Waals surface area contributed by atoms with Crippen LogP contribution in [0.2, 0.25) is 0 Å². The Morgan fingerprint density at radius 1 is 1.00 bits per heavy atom. The van der Waals surface area contributed by atoms with Gasteiger partial charge in [-0.25, -0.2) is 8.42 Å². The maximum atomic E-state index is 11.8. The summed E-state index contributed by atoms with van der Waals surface area (Å²) in [5.74, 6) is -1.40. The lowest BCUT2D eigenvalue weighted by Crippen LogP contribution is -2.40. The van der Waals surface area contributed by atoms with Crippen LogP contribution in [0.1, 0.15) is 9.67 Å². The first-order chi connectivity index (χ1) is 12.3. The van der Waals surface area contributed by atoms with Gasteiger partial charge < -0.3 is 16.0 Å². The second kappa shape index (κ2) is 8.59. The van der Waals surface area contributed by atoms with Crippen LogP contribution in [-0.2, 0) is 19.4 Å². The summed E-state index contributed by atoms with van der Waals surface area (Å²) in [4.78, 5) is 35.8. The highest BCUT2D eigenvalue weighted by Crippen LogP contribution is 2.15. The number of amides is 3. The van der Waals surface area contributed by atoms with Crippen molar-refractivity contribution in [1.29, 1.82) is 0 Å². The molecule has 1 heterocycles. The van der Waals surface area contributed by atoms with Crippen molar-refractivity contribution in [2.75, 3.05) is 24.7 Å². The molecule has 0 spiro atoms. The lowest BCUT2D eigenvalue weighted by Gasteiger charge is -2.08. The molecule has 3 N–H and O–H groups in total. The van der Waals surface area contributed by atoms with Crippen LogP contribution in [0.3, 0.4) is 0 Å². The maximum Gasteiger partial charge on any atom is 0.261 e. The molecule has 0 radical (unpaired) electrons. The van der Waals surface area contributed by atoms with Crippen molar-refractivity contribution in [3.63, 3.8) is 0 Å². The van der Waals surface area contributed by atoms with Crippen molar-refractivity contribution in [3.05, 3.63) is 46.7 Å². The lowest BCUT2D eigenvalue weighted by molar-refractivity contribution is -0.123. The molecule has 0 saturated heterocycles. The number of hydrogen-bond donors (Lipinski definition) is 3. The molecule has 0 bridgehead atoms. The zero-order chi connectivity index (χ0) is 19.2. The Morgan fingerprint density at radius 3 is 2.38 bits per heavy atom. The summed E-state index contributed by atoms with van der Waals surface area (Å²) < 4.78 is 23.0. The fourth-order valence-corrected chi connectivity index (χ4v) is 3.21. The molecule has 2 rings (SSSR count). The summed E-state index contributed by atoms with van der Waals surface area (Å²) in [6.45, 7) is -0.565. The number of nitrogens with one attached hydrogen (secondary N) is 3. The van der Waals surface area contributed by atoms with Crippen LogP contribution in [-0.4, -0.2) is 45.5 Å². The molecule has 0 saturated carbocycles. The van der Waals surface area contributed by atoms with Crippen molar-refractivity contribution in [1.82, 2.24) is 10.6 Å². The van der Waals surface area contributed by atoms with Crippen LogP contribution in [0, 0.1) is 0 Å². The second-order valence-corrected chi connectivity index (χ2v) is 8.25. The Bertz CT molecular complexity index is 908. The van der Waals surface area contributed by atoms with Gasteiger partial charge in [0.15, 0.2) is 9.84 Å². The van der Waals surface area contributed by atoms with E-state index in [-0.39, 0.29) is 23.9 Å². The minimum absolute atomic E-state index is 0.0793. The first-order valence-corrected chi connectivity index (χ1v) is 10.2. The molecule has 10 heteroatoms. The van der Waals surface area contributed by atoms with E-state index in [0.717, 1.165) is 6.26 Å². The van der Waals surface area contributed by atoms with Gasteiger partial charge in [0.05, 0.1) is 22.9 Å². The Hall–Kier alpha value is -2.72. The van der Waals surface area contributed by atoms with Gasteiger partial charge in [-0.2, -0.15) is 0 Å². The van der Waals surface area contributed by atoms with E-state index >= 15 is 0 Å². The highest BCUT2D eigenvalue weighted by Gasteiger charge is 2.11. The van der Waals surface area contributed by atoms with Crippen LogP contribution >= 0.6 is 11.3 Å². The van der Waals surface area contributed by atoms with E-state index in [1.807, 2.05) is 0 Å². The van der Waals surface area contributed by atoms with Crippen molar-refractivity contribution >= 4 is 44.6 Å². The largest absolute Gasteiger partial charge is 0.345 e. The lowest BCUT2D eigenvalue weighted by atomic mass is 10.3. The Labute approximate surface area is 154 Å². The van der Waals surface area contributed by atoms with Gasteiger partial charge >= 0.3 is 0 Å². The summed E-state index contributed by atoms with van der Waals surface area (Å²) in [6, 6.07) is 9.15. The highest BCUT2D eigenvalue weighted by atomic mass is 32.2. The minimum atomic E-state index is -3.38. The standard InChI is InChI=1S/C16H17N3O5S2/c1-26(23,24)12-5-2-4-11(8-12)19-15(21)10-17-14(20)9-18-16(22)13-6-3-7-25-13/h2-8H,9-10H2,1H3,(H,17,20)(H,18,22)(H,19,21). The smallest absolute Gasteiger partial charge is 0.261 e. The van der Waals surface area contributed by atoms with Crippen molar-refractivity contribution in [2.24, 2.45) is 0 Å². The Morgan fingerprint density at radius 2 is 1.73 bits per heavy atom. The summed E-state index contributed by atoms with van der Waals surface area (Å²) in [7, 11) is -3.38. The van der Waals surface area contributed by atoms with E-state index in [1.165, 1.54) is 35.6 Å². The molecule has 1 aromatic carbocycles.